The molecule has 0 amide bonds. The molecule has 2 aliphatic rings. The highest BCUT2D eigenvalue weighted by molar-refractivity contribution is 9.10. The molecule has 2 bridgehead atoms. The number of rotatable bonds is 4. The van der Waals surface area contributed by atoms with E-state index in [1.807, 2.05) is 42.5 Å². The standard InChI is InChI=1S/C25H27BrO3/c1-5-15-6-9-18(29-17-10-7-16(26)8-11-17)14-19(15)21-22(27)20-12-13-25(4,23(21)28)24(20,2)3/h6-11,14,20-21H,5,12-13H2,1-4H3. The molecule has 0 spiro atoms. The van der Waals surface area contributed by atoms with Crippen LogP contribution in [0.4, 0.5) is 0 Å². The number of fused-ring (bicyclic) bond motifs is 2. The Kier molecular flexibility index (Phi) is 4.97. The van der Waals surface area contributed by atoms with Crippen LogP contribution in [-0.2, 0) is 16.0 Å². The topological polar surface area (TPSA) is 43.4 Å². The summed E-state index contributed by atoms with van der Waals surface area (Å²) in [4.78, 5) is 27.1. The van der Waals surface area contributed by atoms with Crippen LogP contribution >= 0.6 is 15.9 Å². The molecule has 4 heteroatoms. The highest BCUT2D eigenvalue weighted by atomic mass is 79.9. The number of hydrogen-bond donors (Lipinski definition) is 0. The third-order valence-electron chi connectivity index (χ3n) is 7.52. The van der Waals surface area contributed by atoms with Gasteiger partial charge >= 0.3 is 0 Å². The number of benzene rings is 2. The smallest absolute Gasteiger partial charge is 0.154 e. The van der Waals surface area contributed by atoms with E-state index in [2.05, 4.69) is 43.6 Å². The molecule has 0 saturated heterocycles. The molecule has 3 nitrogen and oxygen atoms in total. The van der Waals surface area contributed by atoms with Crippen molar-refractivity contribution >= 4 is 27.5 Å². The van der Waals surface area contributed by atoms with Gasteiger partial charge in [0.1, 0.15) is 17.4 Å². The van der Waals surface area contributed by atoms with Crippen molar-refractivity contribution in [2.45, 2.75) is 52.9 Å². The lowest BCUT2D eigenvalue weighted by Gasteiger charge is -2.46. The van der Waals surface area contributed by atoms with Crippen molar-refractivity contribution in [3.8, 4) is 11.5 Å². The second-order valence-electron chi connectivity index (χ2n) is 9.11. The molecular formula is C25H27BrO3. The predicted octanol–water partition coefficient (Wildman–Crippen LogP) is 6.48. The van der Waals surface area contributed by atoms with Crippen molar-refractivity contribution < 1.29 is 14.3 Å². The third-order valence-corrected chi connectivity index (χ3v) is 8.05. The summed E-state index contributed by atoms with van der Waals surface area (Å²) in [5.74, 6) is 0.808. The Morgan fingerprint density at radius 1 is 1.03 bits per heavy atom. The summed E-state index contributed by atoms with van der Waals surface area (Å²) in [6.07, 6.45) is 2.37. The van der Waals surface area contributed by atoms with Crippen LogP contribution in [0.2, 0.25) is 0 Å². The summed E-state index contributed by atoms with van der Waals surface area (Å²) < 4.78 is 7.01. The average molecular weight is 455 g/mol. The number of carbonyl (C=O) groups excluding carboxylic acids is 2. The van der Waals surface area contributed by atoms with Crippen LogP contribution in [0.15, 0.2) is 46.9 Å². The number of halogens is 1. The largest absolute Gasteiger partial charge is 0.457 e. The molecule has 0 radical (unpaired) electrons. The lowest BCUT2D eigenvalue weighted by molar-refractivity contribution is -0.149. The van der Waals surface area contributed by atoms with Gasteiger partial charge in [0, 0.05) is 15.8 Å². The number of carbonyl (C=O) groups is 2. The molecule has 2 aromatic rings. The Bertz CT molecular complexity index is 976. The van der Waals surface area contributed by atoms with Gasteiger partial charge in [-0.25, -0.2) is 0 Å². The van der Waals surface area contributed by atoms with E-state index >= 15 is 0 Å². The monoisotopic (exact) mass is 454 g/mol. The van der Waals surface area contributed by atoms with Gasteiger partial charge in [0.05, 0.1) is 0 Å². The molecule has 0 N–H and O–H groups in total. The van der Waals surface area contributed by atoms with Gasteiger partial charge in [0.2, 0.25) is 0 Å². The highest BCUT2D eigenvalue weighted by Gasteiger charge is 2.64. The molecule has 3 unspecified atom stereocenters. The first-order chi connectivity index (χ1) is 13.7. The van der Waals surface area contributed by atoms with Crippen LogP contribution in [0.1, 0.15) is 57.6 Å². The molecule has 2 saturated carbocycles. The number of aryl methyl sites for hydroxylation is 1. The van der Waals surface area contributed by atoms with Crippen molar-refractivity contribution in [2.24, 2.45) is 16.7 Å². The van der Waals surface area contributed by atoms with Gasteiger partial charge in [-0.1, -0.05) is 49.7 Å². The molecule has 0 heterocycles. The Hall–Kier alpha value is -1.94. The van der Waals surface area contributed by atoms with Crippen LogP contribution in [0.25, 0.3) is 0 Å². The van der Waals surface area contributed by atoms with Gasteiger partial charge in [0.15, 0.2) is 11.6 Å². The maximum Gasteiger partial charge on any atom is 0.154 e. The molecule has 2 aliphatic carbocycles. The minimum Gasteiger partial charge on any atom is -0.457 e. The molecule has 3 atom stereocenters. The van der Waals surface area contributed by atoms with Crippen LogP contribution < -0.4 is 4.74 Å². The lowest BCUT2D eigenvalue weighted by atomic mass is 9.54. The van der Waals surface area contributed by atoms with E-state index in [4.69, 9.17) is 4.74 Å². The van der Waals surface area contributed by atoms with Gasteiger partial charge in [-0.3, -0.25) is 9.59 Å². The maximum atomic E-state index is 13.6. The van der Waals surface area contributed by atoms with Crippen molar-refractivity contribution in [3.63, 3.8) is 0 Å². The Morgan fingerprint density at radius 3 is 2.34 bits per heavy atom. The van der Waals surface area contributed by atoms with Crippen molar-refractivity contribution in [2.75, 3.05) is 0 Å². The van der Waals surface area contributed by atoms with Crippen LogP contribution in [-0.4, -0.2) is 11.6 Å². The van der Waals surface area contributed by atoms with Crippen molar-refractivity contribution in [1.82, 2.24) is 0 Å². The number of Topliss-reactive ketones (excluding diaryl/α,β-unsaturated/α-hetero) is 2. The fourth-order valence-electron chi connectivity index (χ4n) is 5.25. The zero-order chi connectivity index (χ0) is 21.0. The van der Waals surface area contributed by atoms with E-state index in [-0.39, 0.29) is 22.9 Å². The zero-order valence-corrected chi connectivity index (χ0v) is 19.0. The number of ether oxygens (including phenoxy) is 1. The van der Waals surface area contributed by atoms with E-state index < -0.39 is 11.3 Å². The summed E-state index contributed by atoms with van der Waals surface area (Å²) in [6, 6.07) is 13.4. The van der Waals surface area contributed by atoms with Gasteiger partial charge in [0.25, 0.3) is 0 Å². The fraction of sp³-hybridized carbons (Fsp3) is 0.440. The lowest BCUT2D eigenvalue weighted by Crippen LogP contribution is -2.52. The first kappa shape index (κ1) is 20.3. The van der Waals surface area contributed by atoms with Gasteiger partial charge < -0.3 is 4.74 Å². The molecule has 152 valence electrons. The number of ketones is 2. The van der Waals surface area contributed by atoms with Gasteiger partial charge in [-0.15, -0.1) is 0 Å². The first-order valence-electron chi connectivity index (χ1n) is 10.3. The molecular weight excluding hydrogens is 428 g/mol. The Labute approximate surface area is 181 Å². The quantitative estimate of drug-likeness (QED) is 0.496. The highest BCUT2D eigenvalue weighted by Crippen LogP contribution is 2.62. The fourth-order valence-corrected chi connectivity index (χ4v) is 5.51. The maximum absolute atomic E-state index is 13.6. The average Bonchev–Trinajstić information content (AvgIpc) is 2.87. The van der Waals surface area contributed by atoms with Crippen molar-refractivity contribution in [3.05, 3.63) is 58.1 Å². The van der Waals surface area contributed by atoms with Crippen molar-refractivity contribution in [1.29, 1.82) is 0 Å². The second kappa shape index (κ2) is 7.09. The molecule has 2 fully saturated rings. The molecule has 0 aliphatic heterocycles. The SMILES string of the molecule is CCc1ccc(Oc2ccc(Br)cc2)cc1C1C(=O)C2CCC(C)(C1=O)C2(C)C. The summed E-state index contributed by atoms with van der Waals surface area (Å²) in [5.41, 5.74) is 1.13. The van der Waals surface area contributed by atoms with Gasteiger partial charge in [-0.05, 0) is 72.2 Å². The summed E-state index contributed by atoms with van der Waals surface area (Å²) >= 11 is 3.43. The zero-order valence-electron chi connectivity index (χ0n) is 17.4. The van der Waals surface area contributed by atoms with E-state index in [0.29, 0.717) is 5.75 Å². The third kappa shape index (κ3) is 3.07. The molecule has 4 rings (SSSR count). The Balaban J connectivity index is 1.75. The second-order valence-corrected chi connectivity index (χ2v) is 10.0. The normalized spacial score (nSPS) is 27.9. The molecule has 29 heavy (non-hydrogen) atoms. The van der Waals surface area contributed by atoms with Crippen LogP contribution in [0.3, 0.4) is 0 Å². The van der Waals surface area contributed by atoms with Gasteiger partial charge in [-0.2, -0.15) is 0 Å². The van der Waals surface area contributed by atoms with Crippen LogP contribution in [0.5, 0.6) is 11.5 Å². The summed E-state index contributed by atoms with van der Waals surface area (Å²) in [5, 5.41) is 0. The minimum absolute atomic E-state index is 0.0593. The van der Waals surface area contributed by atoms with Crippen LogP contribution in [0, 0.1) is 16.7 Å². The summed E-state index contributed by atoms with van der Waals surface area (Å²) in [6.45, 7) is 8.30. The molecule has 0 aromatic heterocycles. The predicted molar refractivity (Wildman–Crippen MR) is 117 cm³/mol. The van der Waals surface area contributed by atoms with E-state index in [1.165, 1.54) is 0 Å². The van der Waals surface area contributed by atoms with E-state index in [0.717, 1.165) is 40.6 Å². The molecule has 2 aromatic carbocycles. The van der Waals surface area contributed by atoms with E-state index in [1.54, 1.807) is 0 Å². The number of hydrogen-bond acceptors (Lipinski definition) is 3. The Morgan fingerprint density at radius 2 is 1.69 bits per heavy atom. The summed E-state index contributed by atoms with van der Waals surface area (Å²) in [7, 11) is 0. The van der Waals surface area contributed by atoms with E-state index in [9.17, 15) is 9.59 Å². The first-order valence-corrected chi connectivity index (χ1v) is 11.1. The minimum atomic E-state index is -0.677.